The normalized spacial score (nSPS) is 22.1. The van der Waals surface area contributed by atoms with Gasteiger partial charge in [-0.1, -0.05) is 135 Å². The Hall–Kier alpha value is -2.34. The molecule has 16 heteroatoms. The molecule has 0 aromatic carbocycles. The van der Waals surface area contributed by atoms with Crippen molar-refractivity contribution in [2.75, 3.05) is 23.4 Å². The molecule has 0 bridgehead atoms. The van der Waals surface area contributed by atoms with Crippen LogP contribution in [-0.4, -0.2) is 119 Å². The van der Waals surface area contributed by atoms with Crippen LogP contribution in [0.25, 0.3) is 0 Å². The summed E-state index contributed by atoms with van der Waals surface area (Å²) in [5, 5.41) is 60.7. The maximum absolute atomic E-state index is 12.9. The van der Waals surface area contributed by atoms with Gasteiger partial charge in [0.25, 0.3) is 0 Å². The molecule has 2 rings (SSSR count). The number of aromatic nitrogens is 3. The van der Waals surface area contributed by atoms with Gasteiger partial charge in [-0.25, -0.2) is 4.68 Å². The first kappa shape index (κ1) is 49.8. The number of hydrogen-bond acceptors (Lipinski definition) is 14. The summed E-state index contributed by atoms with van der Waals surface area (Å²) in [4.78, 5) is 38.2. The number of esters is 2. The molecule has 56 heavy (non-hydrogen) atoms. The number of aliphatic hydroxyl groups is 5. The van der Waals surface area contributed by atoms with Crippen molar-refractivity contribution in [2.45, 2.75) is 204 Å². The third kappa shape index (κ3) is 19.9. The van der Waals surface area contributed by atoms with Gasteiger partial charge in [-0.3, -0.25) is 14.4 Å². The second kappa shape index (κ2) is 29.8. The van der Waals surface area contributed by atoms with Crippen LogP contribution in [0.5, 0.6) is 0 Å². The predicted molar refractivity (Wildman–Crippen MR) is 217 cm³/mol. The fraction of sp³-hybridized carbons (Fsp3) is 0.875. The Kier molecular flexibility index (Phi) is 26.5. The lowest BCUT2D eigenvalue weighted by atomic mass is 9.83. The first-order chi connectivity index (χ1) is 27.0. The molecule has 8 atom stereocenters. The highest BCUT2D eigenvalue weighted by Crippen LogP contribution is 2.30. The Balaban J connectivity index is 1.80. The molecule has 1 saturated carbocycles. The summed E-state index contributed by atoms with van der Waals surface area (Å²) < 4.78 is 12.2. The van der Waals surface area contributed by atoms with Gasteiger partial charge in [0.2, 0.25) is 5.91 Å². The van der Waals surface area contributed by atoms with Crippen LogP contribution in [-0.2, 0) is 23.9 Å². The van der Waals surface area contributed by atoms with E-state index in [-0.39, 0.29) is 42.3 Å². The van der Waals surface area contributed by atoms with Crippen molar-refractivity contribution in [2.24, 2.45) is 5.73 Å². The van der Waals surface area contributed by atoms with E-state index in [2.05, 4.69) is 29.5 Å². The standard InChI is InChI=1S/C40H73N5O10S/c1-3-5-7-9-11-13-15-17-19-21-23-32(46)54-26-29(55-33(47)24-22-20-18-16-14-12-10-8-6-4-2)27-56-28-30(41)40(53)42-31-25-45(44-43-31)34-35(48)37(50)39(52)38(51)36(34)49/h25,29-30,34-39,48-52H,3-24,26-28,41H2,1-2H3,(H,42,53)/t29-,30-,34-,35+,36+,37+,38-,39-/m1/s1. The predicted octanol–water partition coefficient (Wildman–Crippen LogP) is 4.71. The smallest absolute Gasteiger partial charge is 0.306 e. The Morgan fingerprint density at radius 3 is 1.64 bits per heavy atom. The maximum Gasteiger partial charge on any atom is 0.306 e. The van der Waals surface area contributed by atoms with Crippen molar-refractivity contribution in [3.63, 3.8) is 0 Å². The number of ether oxygens (including phenoxy) is 2. The highest BCUT2D eigenvalue weighted by molar-refractivity contribution is 7.99. The van der Waals surface area contributed by atoms with Crippen molar-refractivity contribution >= 4 is 35.4 Å². The number of nitrogens with zero attached hydrogens (tertiary/aromatic N) is 3. The fourth-order valence-electron chi connectivity index (χ4n) is 6.76. The molecule has 0 saturated heterocycles. The van der Waals surface area contributed by atoms with E-state index in [1.54, 1.807) is 0 Å². The maximum atomic E-state index is 12.9. The van der Waals surface area contributed by atoms with Gasteiger partial charge in [-0.15, -0.1) is 5.10 Å². The number of rotatable bonds is 32. The second-order valence-electron chi connectivity index (χ2n) is 15.3. The van der Waals surface area contributed by atoms with Gasteiger partial charge in [0.15, 0.2) is 5.82 Å². The number of aliphatic hydroxyl groups excluding tert-OH is 5. The molecule has 1 heterocycles. The van der Waals surface area contributed by atoms with Crippen LogP contribution < -0.4 is 11.1 Å². The summed E-state index contributed by atoms with van der Waals surface area (Å²) in [6, 6.07) is -2.36. The Bertz CT molecular complexity index is 1200. The van der Waals surface area contributed by atoms with E-state index in [1.807, 2.05) is 0 Å². The zero-order valence-electron chi connectivity index (χ0n) is 34.0. The minimum absolute atomic E-state index is 0.0574. The van der Waals surface area contributed by atoms with Crippen LogP contribution in [0.3, 0.4) is 0 Å². The number of unbranched alkanes of at least 4 members (excludes halogenated alkanes) is 18. The highest BCUT2D eigenvalue weighted by atomic mass is 32.2. The van der Waals surface area contributed by atoms with Gasteiger partial charge < -0.3 is 46.1 Å². The second-order valence-corrected chi connectivity index (χ2v) is 16.4. The highest BCUT2D eigenvalue weighted by Gasteiger charge is 2.49. The van der Waals surface area contributed by atoms with Crippen LogP contribution in [0.4, 0.5) is 5.82 Å². The fourth-order valence-corrected chi connectivity index (χ4v) is 7.73. The summed E-state index contributed by atoms with van der Waals surface area (Å²) in [7, 11) is 0. The number of nitrogens with two attached hydrogens (primary N) is 1. The average molecular weight is 816 g/mol. The molecular weight excluding hydrogens is 743 g/mol. The lowest BCUT2D eigenvalue weighted by molar-refractivity contribution is -0.200. The van der Waals surface area contributed by atoms with Crippen LogP contribution in [0.1, 0.15) is 161 Å². The lowest BCUT2D eigenvalue weighted by Crippen LogP contribution is -2.61. The Morgan fingerprint density at radius 2 is 1.14 bits per heavy atom. The average Bonchev–Trinajstić information content (AvgIpc) is 3.64. The topological polar surface area (TPSA) is 240 Å². The van der Waals surface area contributed by atoms with Gasteiger partial charge in [0, 0.05) is 24.3 Å². The number of anilines is 1. The third-order valence-corrected chi connectivity index (χ3v) is 11.5. The number of amides is 1. The molecule has 1 aromatic rings. The summed E-state index contributed by atoms with van der Waals surface area (Å²) in [5.41, 5.74) is 6.14. The van der Waals surface area contributed by atoms with Crippen molar-refractivity contribution in [3.05, 3.63) is 6.20 Å². The SMILES string of the molecule is CCCCCCCCCCCCC(=O)OC[C@H](CSC[C@@H](N)C(=O)Nc1cn([C@@H]2[C@H](O)[C@H](O)[C@@H](O)[C@H](O)[C@H]2O)nn1)OC(=O)CCCCCCCCCCCC. The van der Waals surface area contributed by atoms with Crippen LogP contribution in [0, 0.1) is 0 Å². The van der Waals surface area contributed by atoms with Crippen molar-refractivity contribution < 1.29 is 49.4 Å². The van der Waals surface area contributed by atoms with Crippen LogP contribution in [0.15, 0.2) is 6.20 Å². The first-order valence-corrected chi connectivity index (χ1v) is 22.5. The van der Waals surface area contributed by atoms with E-state index in [0.29, 0.717) is 6.42 Å². The molecule has 15 nitrogen and oxygen atoms in total. The molecular formula is C40H73N5O10S. The quantitative estimate of drug-likeness (QED) is 0.0385. The van der Waals surface area contributed by atoms with Gasteiger partial charge in [0.1, 0.15) is 49.3 Å². The molecule has 1 aliphatic carbocycles. The Morgan fingerprint density at radius 1 is 0.696 bits per heavy atom. The molecule has 0 spiro atoms. The van der Waals surface area contributed by atoms with Crippen molar-refractivity contribution in [1.29, 1.82) is 0 Å². The molecule has 324 valence electrons. The molecule has 1 aromatic heterocycles. The summed E-state index contributed by atoms with van der Waals surface area (Å²) in [6.07, 6.45) is 15.6. The summed E-state index contributed by atoms with van der Waals surface area (Å²) in [5.74, 6) is -0.965. The van der Waals surface area contributed by atoms with Crippen molar-refractivity contribution in [1.82, 2.24) is 15.0 Å². The largest absolute Gasteiger partial charge is 0.462 e. The minimum Gasteiger partial charge on any atom is -0.462 e. The molecule has 1 amide bonds. The molecule has 8 N–H and O–H groups in total. The molecule has 1 fully saturated rings. The van der Waals surface area contributed by atoms with Crippen molar-refractivity contribution in [3.8, 4) is 0 Å². The van der Waals surface area contributed by atoms with Gasteiger partial charge in [-0.2, -0.15) is 11.8 Å². The third-order valence-electron chi connectivity index (χ3n) is 10.3. The summed E-state index contributed by atoms with van der Waals surface area (Å²) >= 11 is 1.27. The zero-order valence-corrected chi connectivity index (χ0v) is 34.8. The first-order valence-electron chi connectivity index (χ1n) is 21.3. The van der Waals surface area contributed by atoms with E-state index in [1.165, 1.54) is 101 Å². The monoisotopic (exact) mass is 816 g/mol. The van der Waals surface area contributed by atoms with E-state index < -0.39 is 54.6 Å². The number of carbonyl (C=O) groups excluding carboxylic acids is 3. The van der Waals surface area contributed by atoms with E-state index in [0.717, 1.165) is 49.6 Å². The number of hydrogen-bond donors (Lipinski definition) is 7. The Labute approximate surface area is 338 Å². The zero-order chi connectivity index (χ0) is 41.1. The number of thioether (sulfide) groups is 1. The van der Waals surface area contributed by atoms with Crippen LogP contribution in [0.2, 0.25) is 0 Å². The van der Waals surface area contributed by atoms with E-state index in [9.17, 15) is 39.9 Å². The molecule has 1 aliphatic rings. The van der Waals surface area contributed by atoms with E-state index in [4.69, 9.17) is 15.2 Å². The number of carbonyl (C=O) groups is 3. The van der Waals surface area contributed by atoms with Gasteiger partial charge >= 0.3 is 11.9 Å². The molecule has 0 unspecified atom stereocenters. The number of nitrogens with one attached hydrogen (secondary N) is 1. The van der Waals surface area contributed by atoms with Crippen LogP contribution >= 0.6 is 11.8 Å². The lowest BCUT2D eigenvalue weighted by Gasteiger charge is -2.41. The van der Waals surface area contributed by atoms with Gasteiger partial charge in [-0.05, 0) is 12.8 Å². The molecule has 0 radical (unpaired) electrons. The minimum atomic E-state index is -1.76. The van der Waals surface area contributed by atoms with E-state index >= 15 is 0 Å². The van der Waals surface area contributed by atoms with Gasteiger partial charge in [0.05, 0.1) is 12.2 Å². The molecule has 0 aliphatic heterocycles. The summed E-state index contributed by atoms with van der Waals surface area (Å²) in [6.45, 7) is 4.35.